The van der Waals surface area contributed by atoms with E-state index in [1.165, 1.54) is 6.07 Å². The molecule has 1 heterocycles. The molecule has 0 aromatic heterocycles. The van der Waals surface area contributed by atoms with Gasteiger partial charge in [0.2, 0.25) is 5.91 Å². The van der Waals surface area contributed by atoms with Crippen LogP contribution in [0.3, 0.4) is 0 Å². The predicted octanol–water partition coefficient (Wildman–Crippen LogP) is 3.20. The third-order valence-electron chi connectivity index (χ3n) is 4.02. The maximum absolute atomic E-state index is 12.5. The molecule has 2 rings (SSSR count). The standard InChI is InChI=1S/C17H25F2N3O2.2ClH/c1-11(2)9-13(20)16(23)21-12-7-8-22(10-12)14-5-3-4-6-15(14)24-17(18)19;;/h3-6,11-13,17H,7-10,20H2,1-2H3,(H,21,23);2*1H/t12?,13-;;/m0../s1. The summed E-state index contributed by atoms with van der Waals surface area (Å²) in [7, 11) is 0. The van der Waals surface area contributed by atoms with Crippen molar-refractivity contribution in [3.63, 3.8) is 0 Å². The molecular formula is C17H27Cl2F2N3O2. The van der Waals surface area contributed by atoms with Crippen molar-refractivity contribution >= 4 is 36.4 Å². The van der Waals surface area contributed by atoms with Gasteiger partial charge in [0, 0.05) is 19.1 Å². The van der Waals surface area contributed by atoms with Crippen LogP contribution in [0.5, 0.6) is 5.75 Å². The summed E-state index contributed by atoms with van der Waals surface area (Å²) in [6.45, 7) is 2.38. The highest BCUT2D eigenvalue weighted by molar-refractivity contribution is 5.85. The minimum Gasteiger partial charge on any atom is -0.433 e. The molecule has 1 saturated heterocycles. The summed E-state index contributed by atoms with van der Waals surface area (Å²) < 4.78 is 29.6. The maximum Gasteiger partial charge on any atom is 0.387 e. The number of amides is 1. The summed E-state index contributed by atoms with van der Waals surface area (Å²) in [6, 6.07) is 6.13. The number of nitrogens with one attached hydrogen (secondary N) is 1. The van der Waals surface area contributed by atoms with Gasteiger partial charge < -0.3 is 20.7 Å². The number of anilines is 1. The summed E-state index contributed by atoms with van der Waals surface area (Å²) in [4.78, 5) is 14.1. The van der Waals surface area contributed by atoms with Gasteiger partial charge in [0.25, 0.3) is 0 Å². The summed E-state index contributed by atoms with van der Waals surface area (Å²) in [6.07, 6.45) is 1.37. The zero-order chi connectivity index (χ0) is 17.7. The van der Waals surface area contributed by atoms with Crippen molar-refractivity contribution in [3.8, 4) is 5.75 Å². The number of carbonyl (C=O) groups is 1. The predicted molar refractivity (Wildman–Crippen MR) is 104 cm³/mol. The first-order valence-electron chi connectivity index (χ1n) is 8.21. The monoisotopic (exact) mass is 413 g/mol. The van der Waals surface area contributed by atoms with E-state index < -0.39 is 12.7 Å². The third kappa shape index (κ3) is 7.13. The van der Waals surface area contributed by atoms with Gasteiger partial charge in [0.1, 0.15) is 5.75 Å². The maximum atomic E-state index is 12.5. The third-order valence-corrected chi connectivity index (χ3v) is 4.02. The van der Waals surface area contributed by atoms with Gasteiger partial charge in [-0.25, -0.2) is 0 Å². The van der Waals surface area contributed by atoms with Crippen LogP contribution < -0.4 is 20.7 Å². The van der Waals surface area contributed by atoms with Crippen LogP contribution >= 0.6 is 24.8 Å². The number of hydrogen-bond donors (Lipinski definition) is 2. The van der Waals surface area contributed by atoms with Crippen LogP contribution in [0.1, 0.15) is 26.7 Å². The molecule has 1 aliphatic heterocycles. The van der Waals surface area contributed by atoms with Crippen LogP contribution in [0.15, 0.2) is 24.3 Å². The van der Waals surface area contributed by atoms with Crippen molar-refractivity contribution in [1.29, 1.82) is 0 Å². The number of alkyl halides is 2. The first kappa shape index (κ1) is 24.7. The minimum atomic E-state index is -2.86. The molecule has 1 aromatic carbocycles. The Morgan fingerprint density at radius 2 is 2.00 bits per heavy atom. The second-order valence-corrected chi connectivity index (χ2v) is 6.52. The lowest BCUT2D eigenvalue weighted by atomic mass is 10.0. The lowest BCUT2D eigenvalue weighted by molar-refractivity contribution is -0.123. The quantitative estimate of drug-likeness (QED) is 0.719. The average molecular weight is 414 g/mol. The Labute approximate surface area is 165 Å². The molecular weight excluding hydrogens is 387 g/mol. The van der Waals surface area contributed by atoms with Crippen molar-refractivity contribution in [2.24, 2.45) is 11.7 Å². The number of nitrogens with zero attached hydrogens (tertiary/aromatic N) is 1. The van der Waals surface area contributed by atoms with Gasteiger partial charge in [-0.05, 0) is 30.9 Å². The van der Waals surface area contributed by atoms with Crippen molar-refractivity contribution in [2.45, 2.75) is 45.4 Å². The van der Waals surface area contributed by atoms with Crippen molar-refractivity contribution in [1.82, 2.24) is 5.32 Å². The fraction of sp³-hybridized carbons (Fsp3) is 0.588. The average Bonchev–Trinajstić information content (AvgIpc) is 2.94. The van der Waals surface area contributed by atoms with E-state index in [0.29, 0.717) is 31.1 Å². The van der Waals surface area contributed by atoms with E-state index in [0.717, 1.165) is 6.42 Å². The van der Waals surface area contributed by atoms with Crippen LogP contribution in [0.25, 0.3) is 0 Å². The number of hydrogen-bond acceptors (Lipinski definition) is 4. The first-order chi connectivity index (χ1) is 11.4. The van der Waals surface area contributed by atoms with Crippen LogP contribution in [0.4, 0.5) is 14.5 Å². The lowest BCUT2D eigenvalue weighted by Crippen LogP contribution is -2.46. The highest BCUT2D eigenvalue weighted by atomic mass is 35.5. The highest BCUT2D eigenvalue weighted by Gasteiger charge is 2.27. The van der Waals surface area contributed by atoms with Crippen molar-refractivity contribution in [3.05, 3.63) is 24.3 Å². The van der Waals surface area contributed by atoms with Gasteiger partial charge in [-0.2, -0.15) is 8.78 Å². The number of para-hydroxylation sites is 2. The molecule has 26 heavy (non-hydrogen) atoms. The van der Waals surface area contributed by atoms with E-state index in [-0.39, 0.29) is 42.5 Å². The van der Waals surface area contributed by atoms with Crippen molar-refractivity contribution < 1.29 is 18.3 Å². The van der Waals surface area contributed by atoms with E-state index in [4.69, 9.17) is 5.73 Å². The topological polar surface area (TPSA) is 67.6 Å². The Bertz CT molecular complexity index is 565. The minimum absolute atomic E-state index is 0. The molecule has 1 aliphatic rings. The van der Waals surface area contributed by atoms with Gasteiger partial charge in [0.05, 0.1) is 11.7 Å². The number of carbonyl (C=O) groups excluding carboxylic acids is 1. The van der Waals surface area contributed by atoms with E-state index in [9.17, 15) is 13.6 Å². The highest BCUT2D eigenvalue weighted by Crippen LogP contribution is 2.31. The van der Waals surface area contributed by atoms with Crippen molar-refractivity contribution in [2.75, 3.05) is 18.0 Å². The van der Waals surface area contributed by atoms with Gasteiger partial charge in [0.15, 0.2) is 0 Å². The lowest BCUT2D eigenvalue weighted by Gasteiger charge is -2.22. The van der Waals surface area contributed by atoms with E-state index in [1.54, 1.807) is 18.2 Å². The largest absolute Gasteiger partial charge is 0.433 e. The molecule has 0 bridgehead atoms. The fourth-order valence-electron chi connectivity index (χ4n) is 2.93. The smallest absolute Gasteiger partial charge is 0.387 e. The molecule has 2 atom stereocenters. The molecule has 0 radical (unpaired) electrons. The SMILES string of the molecule is CC(C)C[C@H](N)C(=O)NC1CCN(c2ccccc2OC(F)F)C1.Cl.Cl. The number of rotatable bonds is 7. The molecule has 0 saturated carbocycles. The van der Waals surface area contributed by atoms with E-state index >= 15 is 0 Å². The molecule has 1 aromatic rings. The fourth-order valence-corrected chi connectivity index (χ4v) is 2.93. The summed E-state index contributed by atoms with van der Waals surface area (Å²) in [5.41, 5.74) is 6.50. The second kappa shape index (κ2) is 11.4. The van der Waals surface area contributed by atoms with Gasteiger partial charge >= 0.3 is 6.61 Å². The molecule has 1 fully saturated rings. The number of benzene rings is 1. The zero-order valence-corrected chi connectivity index (χ0v) is 16.5. The normalized spacial score (nSPS) is 17.5. The Morgan fingerprint density at radius 3 is 2.62 bits per heavy atom. The summed E-state index contributed by atoms with van der Waals surface area (Å²) in [5.74, 6) is 0.341. The van der Waals surface area contributed by atoms with Gasteiger partial charge in [-0.1, -0.05) is 26.0 Å². The van der Waals surface area contributed by atoms with Crippen LogP contribution in [-0.4, -0.2) is 37.7 Å². The number of halogens is 4. The van der Waals surface area contributed by atoms with Crippen LogP contribution in [0, 0.1) is 5.92 Å². The Morgan fingerprint density at radius 1 is 1.35 bits per heavy atom. The zero-order valence-electron chi connectivity index (χ0n) is 14.9. The van der Waals surface area contributed by atoms with E-state index in [1.807, 2.05) is 18.7 Å². The molecule has 0 aliphatic carbocycles. The molecule has 3 N–H and O–H groups in total. The van der Waals surface area contributed by atoms with Gasteiger partial charge in [-0.3, -0.25) is 4.79 Å². The first-order valence-corrected chi connectivity index (χ1v) is 8.21. The number of nitrogens with two attached hydrogens (primary N) is 1. The second-order valence-electron chi connectivity index (χ2n) is 6.52. The number of ether oxygens (including phenoxy) is 1. The molecule has 1 amide bonds. The summed E-state index contributed by atoms with van der Waals surface area (Å²) in [5, 5.41) is 2.95. The summed E-state index contributed by atoms with van der Waals surface area (Å²) >= 11 is 0. The van der Waals surface area contributed by atoms with Crippen LogP contribution in [0.2, 0.25) is 0 Å². The van der Waals surface area contributed by atoms with Gasteiger partial charge in [-0.15, -0.1) is 24.8 Å². The molecule has 0 spiro atoms. The van der Waals surface area contributed by atoms with E-state index in [2.05, 4.69) is 10.1 Å². The molecule has 150 valence electrons. The molecule has 1 unspecified atom stereocenters. The molecule has 9 heteroatoms. The Hall–Kier alpha value is -1.31. The Balaban J connectivity index is 0.00000312. The molecule has 5 nitrogen and oxygen atoms in total. The van der Waals surface area contributed by atoms with Crippen LogP contribution in [-0.2, 0) is 4.79 Å². The Kier molecular flexibility index (Phi) is 10.8.